The Morgan fingerprint density at radius 1 is 0.838 bits per heavy atom. The van der Waals surface area contributed by atoms with Gasteiger partial charge in [0, 0.05) is 25.3 Å². The third kappa shape index (κ3) is 5.60. The number of alkyl halides is 6. The summed E-state index contributed by atoms with van der Waals surface area (Å²) in [5, 5.41) is 3.00. The first-order chi connectivity index (χ1) is 17.1. The van der Waals surface area contributed by atoms with E-state index in [-0.39, 0.29) is 18.1 Å². The first-order valence-corrected chi connectivity index (χ1v) is 11.6. The van der Waals surface area contributed by atoms with Crippen LogP contribution in [0.3, 0.4) is 0 Å². The number of halogens is 6. The molecule has 3 rings (SSSR count). The Labute approximate surface area is 212 Å². The van der Waals surface area contributed by atoms with Gasteiger partial charge < -0.3 is 10.2 Å². The fourth-order valence-corrected chi connectivity index (χ4v) is 4.30. The van der Waals surface area contributed by atoms with E-state index < -0.39 is 34.8 Å². The highest BCUT2D eigenvalue weighted by Gasteiger charge is 2.42. The maximum absolute atomic E-state index is 13.9. The maximum Gasteiger partial charge on any atom is 0.416 e. The van der Waals surface area contributed by atoms with E-state index in [1.807, 2.05) is 43.3 Å². The molecule has 0 bridgehead atoms. The van der Waals surface area contributed by atoms with Gasteiger partial charge in [-0.15, -0.1) is 0 Å². The Balaban J connectivity index is 2.20. The lowest BCUT2D eigenvalue weighted by molar-refractivity contribution is -0.143. The number of rotatable bonds is 6. The second kappa shape index (κ2) is 10.1. The number of amides is 1. The molecule has 0 fully saturated rings. The van der Waals surface area contributed by atoms with Crippen LogP contribution in [-0.2, 0) is 22.6 Å². The summed E-state index contributed by atoms with van der Waals surface area (Å²) in [5.41, 5.74) is -1.30. The van der Waals surface area contributed by atoms with Gasteiger partial charge in [-0.3, -0.25) is 4.79 Å². The van der Waals surface area contributed by atoms with Gasteiger partial charge in [-0.05, 0) is 67.3 Å². The van der Waals surface area contributed by atoms with Crippen LogP contribution < -0.4 is 10.2 Å². The molecule has 3 aromatic carbocycles. The number of hydrogen-bond acceptors (Lipinski definition) is 2. The Bertz CT molecular complexity index is 1270. The number of nitrogens with zero attached hydrogens (tertiary/aromatic N) is 1. The van der Waals surface area contributed by atoms with Crippen LogP contribution in [0.15, 0.2) is 60.7 Å². The van der Waals surface area contributed by atoms with Gasteiger partial charge in [0.15, 0.2) is 0 Å². The summed E-state index contributed by atoms with van der Waals surface area (Å²) in [7, 11) is 3.18. The number of carbonyl (C=O) groups excluding carboxylic acids is 1. The number of nitrogens with one attached hydrogen (secondary N) is 1. The van der Waals surface area contributed by atoms with Crippen molar-refractivity contribution in [3.8, 4) is 11.1 Å². The lowest BCUT2D eigenvalue weighted by Crippen LogP contribution is -2.43. The molecule has 1 atom stereocenters. The third-order valence-electron chi connectivity index (χ3n) is 6.79. The molecule has 198 valence electrons. The number of anilines is 2. The van der Waals surface area contributed by atoms with Crippen LogP contribution in [0.1, 0.15) is 42.5 Å². The van der Waals surface area contributed by atoms with Gasteiger partial charge in [-0.1, -0.05) is 37.3 Å². The van der Waals surface area contributed by atoms with Crippen molar-refractivity contribution < 1.29 is 31.1 Å². The summed E-state index contributed by atoms with van der Waals surface area (Å²) in [6.07, 6.45) is -10.1. The molecule has 0 saturated carbocycles. The van der Waals surface area contributed by atoms with Crippen molar-refractivity contribution in [2.45, 2.75) is 45.0 Å². The van der Waals surface area contributed by atoms with Crippen LogP contribution in [0.5, 0.6) is 0 Å². The van der Waals surface area contributed by atoms with E-state index in [2.05, 4.69) is 5.32 Å². The topological polar surface area (TPSA) is 32.3 Å². The van der Waals surface area contributed by atoms with E-state index in [0.29, 0.717) is 29.1 Å². The SMILES string of the molecule is CCC(C)(C(=O)N(C)c1cc(NC)ccc1-c1ccccc1C)c1cc(C(F)(F)F)cc(C(F)(F)F)c1. The van der Waals surface area contributed by atoms with Gasteiger partial charge in [0.1, 0.15) is 0 Å². The van der Waals surface area contributed by atoms with Crippen LogP contribution in [0, 0.1) is 6.92 Å². The molecule has 9 heteroatoms. The normalized spacial score (nSPS) is 13.7. The second-order valence-corrected chi connectivity index (χ2v) is 9.14. The van der Waals surface area contributed by atoms with E-state index in [1.54, 1.807) is 20.0 Å². The van der Waals surface area contributed by atoms with Crippen molar-refractivity contribution in [1.29, 1.82) is 0 Å². The van der Waals surface area contributed by atoms with Gasteiger partial charge in [-0.25, -0.2) is 0 Å². The van der Waals surface area contributed by atoms with Gasteiger partial charge >= 0.3 is 12.4 Å². The van der Waals surface area contributed by atoms with Crippen molar-refractivity contribution in [2.75, 3.05) is 24.3 Å². The molecule has 1 unspecified atom stereocenters. The fourth-order valence-electron chi connectivity index (χ4n) is 4.30. The summed E-state index contributed by atoms with van der Waals surface area (Å²) in [6, 6.07) is 14.2. The Morgan fingerprint density at radius 2 is 1.38 bits per heavy atom. The van der Waals surface area contributed by atoms with E-state index in [4.69, 9.17) is 0 Å². The molecule has 0 aromatic heterocycles. The number of likely N-dealkylation sites (N-methyl/N-ethyl adjacent to an activating group) is 1. The molecule has 0 heterocycles. The highest BCUT2D eigenvalue weighted by atomic mass is 19.4. The quantitative estimate of drug-likeness (QED) is 0.332. The fraction of sp³-hybridized carbons (Fsp3) is 0.321. The van der Waals surface area contributed by atoms with Crippen molar-refractivity contribution in [3.05, 3.63) is 82.9 Å². The highest BCUT2D eigenvalue weighted by Crippen LogP contribution is 2.42. The van der Waals surface area contributed by atoms with Crippen LogP contribution in [0.25, 0.3) is 11.1 Å². The standard InChI is InChI=1S/C28H28F6N2O/c1-6-26(3,18-13-19(27(29,30)31)15-20(14-18)28(32,33)34)25(37)36(5)24-16-21(35-4)11-12-23(24)22-10-8-7-9-17(22)2/h7-16,35H,6H2,1-5H3. The highest BCUT2D eigenvalue weighted by molar-refractivity contribution is 6.04. The molecule has 0 spiro atoms. The lowest BCUT2D eigenvalue weighted by Gasteiger charge is -2.34. The molecular formula is C28H28F6N2O. The average molecular weight is 523 g/mol. The first kappa shape index (κ1) is 28.1. The molecule has 1 N–H and O–H groups in total. The van der Waals surface area contributed by atoms with Crippen molar-refractivity contribution >= 4 is 17.3 Å². The summed E-state index contributed by atoms with van der Waals surface area (Å²) >= 11 is 0. The van der Waals surface area contributed by atoms with Gasteiger partial charge in [0.05, 0.1) is 22.2 Å². The molecule has 37 heavy (non-hydrogen) atoms. The number of carbonyl (C=O) groups is 1. The molecule has 0 aliphatic heterocycles. The van der Waals surface area contributed by atoms with E-state index in [1.165, 1.54) is 18.9 Å². The van der Waals surface area contributed by atoms with Gasteiger partial charge in [-0.2, -0.15) is 26.3 Å². The monoisotopic (exact) mass is 522 g/mol. The largest absolute Gasteiger partial charge is 0.416 e. The zero-order chi connectivity index (χ0) is 27.8. The third-order valence-corrected chi connectivity index (χ3v) is 6.79. The summed E-state index contributed by atoms with van der Waals surface area (Å²) < 4.78 is 81.3. The number of benzene rings is 3. The number of hydrogen-bond donors (Lipinski definition) is 1. The Morgan fingerprint density at radius 3 is 1.86 bits per heavy atom. The molecule has 0 saturated heterocycles. The lowest BCUT2D eigenvalue weighted by atomic mass is 9.77. The van der Waals surface area contributed by atoms with E-state index in [0.717, 1.165) is 11.1 Å². The zero-order valence-corrected chi connectivity index (χ0v) is 21.1. The smallest absolute Gasteiger partial charge is 0.388 e. The van der Waals surface area contributed by atoms with E-state index in [9.17, 15) is 31.1 Å². The van der Waals surface area contributed by atoms with Crippen LogP contribution in [0.4, 0.5) is 37.7 Å². The summed E-state index contributed by atoms with van der Waals surface area (Å²) in [6.45, 7) is 4.84. The zero-order valence-electron chi connectivity index (χ0n) is 21.1. The first-order valence-electron chi connectivity index (χ1n) is 11.6. The molecule has 0 aliphatic rings. The Hall–Kier alpha value is -3.49. The minimum Gasteiger partial charge on any atom is -0.388 e. The summed E-state index contributed by atoms with van der Waals surface area (Å²) in [4.78, 5) is 15.2. The van der Waals surface area contributed by atoms with Gasteiger partial charge in [0.25, 0.3) is 0 Å². The number of aryl methyl sites for hydroxylation is 1. The molecular weight excluding hydrogens is 494 g/mol. The molecule has 0 radical (unpaired) electrons. The van der Waals surface area contributed by atoms with Crippen LogP contribution in [-0.4, -0.2) is 20.0 Å². The predicted octanol–water partition coefficient (Wildman–Crippen LogP) is 8.07. The molecule has 3 nitrogen and oxygen atoms in total. The average Bonchev–Trinajstić information content (AvgIpc) is 2.86. The Kier molecular flexibility index (Phi) is 7.67. The molecule has 3 aromatic rings. The van der Waals surface area contributed by atoms with E-state index >= 15 is 0 Å². The predicted molar refractivity (Wildman–Crippen MR) is 134 cm³/mol. The minimum atomic E-state index is -5.02. The minimum absolute atomic E-state index is 0.0276. The van der Waals surface area contributed by atoms with Crippen molar-refractivity contribution in [2.24, 2.45) is 0 Å². The van der Waals surface area contributed by atoms with Crippen LogP contribution in [0.2, 0.25) is 0 Å². The van der Waals surface area contributed by atoms with Gasteiger partial charge in [0.2, 0.25) is 5.91 Å². The van der Waals surface area contributed by atoms with Crippen molar-refractivity contribution in [3.63, 3.8) is 0 Å². The molecule has 0 aliphatic carbocycles. The maximum atomic E-state index is 13.9. The van der Waals surface area contributed by atoms with Crippen LogP contribution >= 0.6 is 0 Å². The summed E-state index contributed by atoms with van der Waals surface area (Å²) in [5.74, 6) is -0.634. The van der Waals surface area contributed by atoms with Crippen molar-refractivity contribution in [1.82, 2.24) is 0 Å². The molecule has 1 amide bonds. The second-order valence-electron chi connectivity index (χ2n) is 9.14.